The second-order valence-corrected chi connectivity index (χ2v) is 6.70. The van der Waals surface area contributed by atoms with E-state index in [0.29, 0.717) is 25.7 Å². The largest absolute Gasteiger partial charge is 0.372 e. The Bertz CT molecular complexity index is 676. The summed E-state index contributed by atoms with van der Waals surface area (Å²) in [6, 6.07) is 18.0. The van der Waals surface area contributed by atoms with E-state index in [1.165, 1.54) is 0 Å². The molecule has 2 aromatic rings. The van der Waals surface area contributed by atoms with Crippen LogP contribution in [0, 0.1) is 11.8 Å². The number of carbonyl (C=O) groups is 1. The first-order valence-electron chi connectivity index (χ1n) is 8.98. The Morgan fingerprint density at radius 3 is 2.31 bits per heavy atom. The first kappa shape index (κ1) is 20.4. The summed E-state index contributed by atoms with van der Waals surface area (Å²) in [5.41, 5.74) is 8.86. The van der Waals surface area contributed by atoms with Gasteiger partial charge in [-0.2, -0.15) is 0 Å². The van der Waals surface area contributed by atoms with Gasteiger partial charge in [0, 0.05) is 11.6 Å². The van der Waals surface area contributed by atoms with E-state index in [-0.39, 0.29) is 24.2 Å². The number of anilines is 1. The molecule has 5 heteroatoms. The molecule has 0 heterocycles. The van der Waals surface area contributed by atoms with Gasteiger partial charge in [-0.1, -0.05) is 48.9 Å². The van der Waals surface area contributed by atoms with Gasteiger partial charge >= 0.3 is 0 Å². The summed E-state index contributed by atoms with van der Waals surface area (Å²) < 4.78 is 5.74. The van der Waals surface area contributed by atoms with Gasteiger partial charge in [0.2, 0.25) is 5.91 Å². The van der Waals surface area contributed by atoms with Crippen LogP contribution in [-0.4, -0.2) is 12.5 Å². The van der Waals surface area contributed by atoms with Crippen molar-refractivity contribution >= 4 is 24.0 Å². The van der Waals surface area contributed by atoms with Crippen LogP contribution in [0.25, 0.3) is 0 Å². The third kappa shape index (κ3) is 5.56. The van der Waals surface area contributed by atoms with Gasteiger partial charge in [0.15, 0.2) is 0 Å². The summed E-state index contributed by atoms with van der Waals surface area (Å²) in [6.45, 7) is 1.75. The third-order valence-electron chi connectivity index (χ3n) is 4.90. The van der Waals surface area contributed by atoms with Crippen molar-refractivity contribution in [3.8, 4) is 0 Å². The number of halogens is 1. The van der Waals surface area contributed by atoms with E-state index in [4.69, 9.17) is 10.5 Å². The molecule has 0 aromatic heterocycles. The highest BCUT2D eigenvalue weighted by Gasteiger charge is 2.31. The zero-order valence-corrected chi connectivity index (χ0v) is 15.7. The smallest absolute Gasteiger partial charge is 0.227 e. The molecule has 4 nitrogen and oxygen atoms in total. The number of carbonyl (C=O) groups excluding carboxylic acids is 1. The second kappa shape index (κ2) is 10.3. The maximum atomic E-state index is 12.4. The van der Waals surface area contributed by atoms with Crippen LogP contribution in [0.1, 0.15) is 30.4 Å². The van der Waals surface area contributed by atoms with Crippen LogP contribution in [0.3, 0.4) is 0 Å². The molecule has 0 bridgehead atoms. The normalized spacial score (nSPS) is 19.0. The molecule has 2 aromatic carbocycles. The fourth-order valence-corrected chi connectivity index (χ4v) is 3.44. The molecule has 1 amide bonds. The molecule has 0 spiro atoms. The van der Waals surface area contributed by atoms with Gasteiger partial charge in [-0.15, -0.1) is 12.4 Å². The molecule has 2 atom stereocenters. The van der Waals surface area contributed by atoms with E-state index in [9.17, 15) is 4.79 Å². The lowest BCUT2D eigenvalue weighted by Crippen LogP contribution is -2.29. The molecule has 1 aliphatic rings. The Morgan fingerprint density at radius 2 is 1.65 bits per heavy atom. The monoisotopic (exact) mass is 374 g/mol. The highest BCUT2D eigenvalue weighted by molar-refractivity contribution is 5.92. The number of amides is 1. The van der Waals surface area contributed by atoms with Crippen LogP contribution in [-0.2, 0) is 22.7 Å². The van der Waals surface area contributed by atoms with Crippen molar-refractivity contribution < 1.29 is 9.53 Å². The summed E-state index contributed by atoms with van der Waals surface area (Å²) in [5, 5.41) is 3.02. The summed E-state index contributed by atoms with van der Waals surface area (Å²) in [7, 11) is 0. The topological polar surface area (TPSA) is 64.4 Å². The first-order valence-corrected chi connectivity index (χ1v) is 8.98. The number of hydrogen-bond acceptors (Lipinski definition) is 3. The van der Waals surface area contributed by atoms with Crippen LogP contribution in [0.2, 0.25) is 0 Å². The molecule has 3 rings (SSSR count). The van der Waals surface area contributed by atoms with Crippen molar-refractivity contribution in [1.29, 1.82) is 0 Å². The zero-order chi connectivity index (χ0) is 17.5. The van der Waals surface area contributed by atoms with Gasteiger partial charge in [-0.05, 0) is 48.6 Å². The molecule has 0 radical (unpaired) electrons. The number of nitrogens with two attached hydrogens (primary N) is 1. The average Bonchev–Trinajstić information content (AvgIpc) is 3.13. The SMILES string of the molecule is Cl.NC[C@H]1CCC[C@H]1C(=O)Nc1ccc(COCc2ccccc2)cc1. The molecule has 1 aliphatic carbocycles. The lowest BCUT2D eigenvalue weighted by molar-refractivity contribution is -0.120. The van der Waals surface area contributed by atoms with Crippen LogP contribution < -0.4 is 11.1 Å². The van der Waals surface area contributed by atoms with Crippen molar-refractivity contribution in [2.45, 2.75) is 32.5 Å². The van der Waals surface area contributed by atoms with E-state index in [0.717, 1.165) is 36.1 Å². The minimum absolute atomic E-state index is 0. The van der Waals surface area contributed by atoms with E-state index in [1.54, 1.807) is 0 Å². The Labute approximate surface area is 161 Å². The Balaban J connectivity index is 0.00000243. The third-order valence-corrected chi connectivity index (χ3v) is 4.90. The predicted octanol–water partition coefficient (Wildman–Crippen LogP) is 4.14. The van der Waals surface area contributed by atoms with E-state index >= 15 is 0 Å². The molecule has 1 fully saturated rings. The van der Waals surface area contributed by atoms with Crippen molar-refractivity contribution in [3.63, 3.8) is 0 Å². The standard InChI is InChI=1S/C21H26N2O2.ClH/c22-13-18-7-4-8-20(18)21(24)23-19-11-9-17(10-12-19)15-25-14-16-5-2-1-3-6-16;/h1-3,5-6,9-12,18,20H,4,7-8,13-15,22H2,(H,23,24);1H/t18-,20-;/m1./s1. The van der Waals surface area contributed by atoms with Crippen molar-refractivity contribution in [1.82, 2.24) is 0 Å². The van der Waals surface area contributed by atoms with Crippen LogP contribution >= 0.6 is 12.4 Å². The molecule has 1 saturated carbocycles. The van der Waals surface area contributed by atoms with Gasteiger partial charge < -0.3 is 15.8 Å². The average molecular weight is 375 g/mol. The molecule has 0 saturated heterocycles. The minimum atomic E-state index is 0. The minimum Gasteiger partial charge on any atom is -0.372 e. The van der Waals surface area contributed by atoms with Crippen LogP contribution in [0.4, 0.5) is 5.69 Å². The van der Waals surface area contributed by atoms with Crippen molar-refractivity contribution in [3.05, 3.63) is 65.7 Å². The summed E-state index contributed by atoms with van der Waals surface area (Å²) >= 11 is 0. The summed E-state index contributed by atoms with van der Waals surface area (Å²) in [5.74, 6) is 0.477. The second-order valence-electron chi connectivity index (χ2n) is 6.70. The fraction of sp³-hybridized carbons (Fsp3) is 0.381. The molecule has 26 heavy (non-hydrogen) atoms. The van der Waals surface area contributed by atoms with E-state index < -0.39 is 0 Å². The number of nitrogens with one attached hydrogen (secondary N) is 1. The molecule has 0 unspecified atom stereocenters. The molecule has 140 valence electrons. The van der Waals surface area contributed by atoms with Gasteiger partial charge in [-0.25, -0.2) is 0 Å². The Kier molecular flexibility index (Phi) is 8.10. The van der Waals surface area contributed by atoms with E-state index in [2.05, 4.69) is 17.4 Å². The molecule has 3 N–H and O–H groups in total. The van der Waals surface area contributed by atoms with Crippen molar-refractivity contribution in [2.24, 2.45) is 17.6 Å². The van der Waals surface area contributed by atoms with Crippen LogP contribution in [0.5, 0.6) is 0 Å². The highest BCUT2D eigenvalue weighted by atomic mass is 35.5. The quantitative estimate of drug-likeness (QED) is 0.765. The highest BCUT2D eigenvalue weighted by Crippen LogP contribution is 2.31. The van der Waals surface area contributed by atoms with Gasteiger partial charge in [0.05, 0.1) is 13.2 Å². The van der Waals surface area contributed by atoms with Gasteiger partial charge in [0.25, 0.3) is 0 Å². The summed E-state index contributed by atoms with van der Waals surface area (Å²) in [6.07, 6.45) is 3.10. The lowest BCUT2D eigenvalue weighted by Gasteiger charge is -2.17. The zero-order valence-electron chi connectivity index (χ0n) is 14.9. The molecular weight excluding hydrogens is 348 g/mol. The fourth-order valence-electron chi connectivity index (χ4n) is 3.44. The lowest BCUT2D eigenvalue weighted by atomic mass is 9.95. The summed E-state index contributed by atoms with van der Waals surface area (Å²) in [4.78, 5) is 12.4. The predicted molar refractivity (Wildman–Crippen MR) is 107 cm³/mol. The van der Waals surface area contributed by atoms with E-state index in [1.807, 2.05) is 42.5 Å². The first-order chi connectivity index (χ1) is 12.3. The number of rotatable bonds is 7. The Hall–Kier alpha value is -1.88. The molecule has 0 aliphatic heterocycles. The Morgan fingerprint density at radius 1 is 1.00 bits per heavy atom. The molecular formula is C21H27ClN2O2. The maximum Gasteiger partial charge on any atom is 0.227 e. The van der Waals surface area contributed by atoms with Gasteiger partial charge in [0.1, 0.15) is 0 Å². The number of ether oxygens (including phenoxy) is 1. The number of hydrogen-bond donors (Lipinski definition) is 2. The number of benzene rings is 2. The van der Waals surface area contributed by atoms with Gasteiger partial charge in [-0.3, -0.25) is 4.79 Å². The van der Waals surface area contributed by atoms with Crippen LogP contribution in [0.15, 0.2) is 54.6 Å². The van der Waals surface area contributed by atoms with Crippen molar-refractivity contribution in [2.75, 3.05) is 11.9 Å². The maximum absolute atomic E-state index is 12.4.